The predicted octanol–water partition coefficient (Wildman–Crippen LogP) is 6.11. The number of hydrogen-bond donors (Lipinski definition) is 1. The third kappa shape index (κ3) is 8.34. The van der Waals surface area contributed by atoms with Gasteiger partial charge >= 0.3 is 0 Å². The molecule has 3 aromatic carbocycles. The van der Waals surface area contributed by atoms with Crippen molar-refractivity contribution in [1.82, 2.24) is 5.43 Å². The quantitative estimate of drug-likeness (QED) is 0.244. The van der Waals surface area contributed by atoms with E-state index in [-0.39, 0.29) is 5.91 Å². The maximum atomic E-state index is 12.2. The maximum absolute atomic E-state index is 12.2. The molecule has 0 heterocycles. The van der Waals surface area contributed by atoms with Crippen LogP contribution in [0.2, 0.25) is 5.02 Å². The van der Waals surface area contributed by atoms with Crippen LogP contribution in [0.1, 0.15) is 42.0 Å². The molecular formula is C28H31ClN2O4. The van der Waals surface area contributed by atoms with Crippen molar-refractivity contribution in [2.45, 2.75) is 39.7 Å². The molecule has 0 bridgehead atoms. The lowest BCUT2D eigenvalue weighted by molar-refractivity contribution is -0.121. The van der Waals surface area contributed by atoms with Gasteiger partial charge in [0, 0.05) is 11.4 Å². The Morgan fingerprint density at radius 1 is 1.03 bits per heavy atom. The van der Waals surface area contributed by atoms with Crippen LogP contribution >= 0.6 is 11.6 Å². The van der Waals surface area contributed by atoms with Crippen molar-refractivity contribution in [3.63, 3.8) is 0 Å². The fourth-order valence-electron chi connectivity index (χ4n) is 3.48. The van der Waals surface area contributed by atoms with Gasteiger partial charge in [0.25, 0.3) is 0 Å². The first-order valence-electron chi connectivity index (χ1n) is 11.6. The van der Waals surface area contributed by atoms with Crippen LogP contribution < -0.4 is 19.6 Å². The summed E-state index contributed by atoms with van der Waals surface area (Å²) in [4.78, 5) is 12.2. The molecule has 0 unspecified atom stereocenters. The van der Waals surface area contributed by atoms with Crippen LogP contribution in [-0.4, -0.2) is 25.8 Å². The van der Waals surface area contributed by atoms with Crippen molar-refractivity contribution in [3.8, 4) is 17.2 Å². The fourth-order valence-corrected chi connectivity index (χ4v) is 3.61. The highest BCUT2D eigenvalue weighted by molar-refractivity contribution is 6.30. The number of amides is 1. The number of nitrogens with one attached hydrogen (secondary N) is 1. The van der Waals surface area contributed by atoms with Crippen LogP contribution in [0.25, 0.3) is 0 Å². The predicted molar refractivity (Wildman–Crippen MR) is 140 cm³/mol. The van der Waals surface area contributed by atoms with Crippen molar-refractivity contribution in [2.24, 2.45) is 5.10 Å². The molecule has 0 atom stereocenters. The van der Waals surface area contributed by atoms with E-state index in [1.807, 2.05) is 74.5 Å². The Morgan fingerprint density at radius 3 is 2.54 bits per heavy atom. The van der Waals surface area contributed by atoms with Gasteiger partial charge in [0.15, 0.2) is 11.5 Å². The Bertz CT molecular complexity index is 1150. The van der Waals surface area contributed by atoms with Gasteiger partial charge in [0.05, 0.1) is 19.9 Å². The van der Waals surface area contributed by atoms with Crippen LogP contribution in [0.4, 0.5) is 0 Å². The third-order valence-electron chi connectivity index (χ3n) is 5.38. The van der Waals surface area contributed by atoms with Crippen molar-refractivity contribution < 1.29 is 19.0 Å². The van der Waals surface area contributed by atoms with Crippen LogP contribution in [0.15, 0.2) is 65.8 Å². The molecule has 0 aliphatic heterocycles. The van der Waals surface area contributed by atoms with Gasteiger partial charge < -0.3 is 14.2 Å². The van der Waals surface area contributed by atoms with Crippen LogP contribution in [0.3, 0.4) is 0 Å². The Balaban J connectivity index is 1.49. The maximum Gasteiger partial charge on any atom is 0.240 e. The first-order chi connectivity index (χ1) is 17.0. The van der Waals surface area contributed by atoms with E-state index >= 15 is 0 Å². The Labute approximate surface area is 211 Å². The first-order valence-corrected chi connectivity index (χ1v) is 12.0. The van der Waals surface area contributed by atoms with E-state index in [2.05, 4.69) is 10.5 Å². The molecule has 0 saturated carbocycles. The number of nitrogens with zero attached hydrogens (tertiary/aromatic N) is 1. The van der Waals surface area contributed by atoms with Crippen LogP contribution in [-0.2, 0) is 17.8 Å². The molecule has 1 N–H and O–H groups in total. The normalized spacial score (nSPS) is 10.9. The Hall–Kier alpha value is -3.51. The van der Waals surface area contributed by atoms with E-state index in [4.69, 9.17) is 25.8 Å². The average molecular weight is 495 g/mol. The molecule has 35 heavy (non-hydrogen) atoms. The van der Waals surface area contributed by atoms with Gasteiger partial charge in [0.2, 0.25) is 5.91 Å². The molecule has 3 rings (SSSR count). The van der Waals surface area contributed by atoms with Gasteiger partial charge in [-0.2, -0.15) is 5.10 Å². The molecule has 0 aromatic heterocycles. The monoisotopic (exact) mass is 494 g/mol. The van der Waals surface area contributed by atoms with E-state index in [0.717, 1.165) is 35.3 Å². The highest BCUT2D eigenvalue weighted by atomic mass is 35.5. The van der Waals surface area contributed by atoms with E-state index in [0.29, 0.717) is 36.2 Å². The zero-order valence-electron chi connectivity index (χ0n) is 20.3. The number of aryl methyl sites for hydroxylation is 2. The lowest BCUT2D eigenvalue weighted by Crippen LogP contribution is -2.17. The fraction of sp³-hybridized carbons (Fsp3) is 0.286. The third-order valence-corrected chi connectivity index (χ3v) is 5.63. The minimum Gasteiger partial charge on any atom is -0.497 e. The molecule has 0 aliphatic carbocycles. The smallest absolute Gasteiger partial charge is 0.240 e. The number of benzene rings is 3. The average Bonchev–Trinajstić information content (AvgIpc) is 2.85. The standard InChI is InChI=1S/C28H31ClN2O4/c1-4-34-27-17-22(10-15-26(27)35-19-21-8-12-24(29)13-9-21)18-30-31-28(32)7-5-6-23-11-14-25(33-3)16-20(23)2/h8-18H,4-7,19H2,1-3H3,(H,31,32)/b30-18-. The molecule has 0 spiro atoms. The van der Waals surface area contributed by atoms with Gasteiger partial charge in [-0.3, -0.25) is 4.79 Å². The summed E-state index contributed by atoms with van der Waals surface area (Å²) in [5.41, 5.74) is 6.77. The zero-order chi connectivity index (χ0) is 25.0. The largest absolute Gasteiger partial charge is 0.497 e. The molecular weight excluding hydrogens is 464 g/mol. The van der Waals surface area contributed by atoms with Crippen molar-refractivity contribution >= 4 is 23.7 Å². The lowest BCUT2D eigenvalue weighted by atomic mass is 10.0. The number of hydrogen-bond acceptors (Lipinski definition) is 5. The molecule has 0 radical (unpaired) electrons. The van der Waals surface area contributed by atoms with Crippen molar-refractivity contribution in [1.29, 1.82) is 0 Å². The molecule has 0 fully saturated rings. The van der Waals surface area contributed by atoms with Gasteiger partial charge in [-0.1, -0.05) is 29.8 Å². The van der Waals surface area contributed by atoms with Gasteiger partial charge in [0.1, 0.15) is 12.4 Å². The first kappa shape index (κ1) is 26.1. The number of ether oxygens (including phenoxy) is 3. The SMILES string of the molecule is CCOc1cc(/C=N\NC(=O)CCCc2ccc(OC)cc2C)ccc1OCc1ccc(Cl)cc1. The number of carbonyl (C=O) groups is 1. The number of rotatable bonds is 12. The summed E-state index contributed by atoms with van der Waals surface area (Å²) in [6.45, 7) is 4.86. The van der Waals surface area contributed by atoms with E-state index in [1.54, 1.807) is 13.3 Å². The minimum absolute atomic E-state index is 0.125. The summed E-state index contributed by atoms with van der Waals surface area (Å²) in [6.07, 6.45) is 3.55. The summed E-state index contributed by atoms with van der Waals surface area (Å²) in [6, 6.07) is 19.0. The van der Waals surface area contributed by atoms with Gasteiger partial charge in [-0.05, 0) is 91.4 Å². The zero-order valence-corrected chi connectivity index (χ0v) is 21.1. The summed E-state index contributed by atoms with van der Waals surface area (Å²) in [7, 11) is 1.65. The molecule has 6 nitrogen and oxygen atoms in total. The number of hydrazone groups is 1. The highest BCUT2D eigenvalue weighted by Crippen LogP contribution is 2.29. The Kier molecular flexibility index (Phi) is 9.99. The minimum atomic E-state index is -0.125. The molecule has 0 saturated heterocycles. The number of halogens is 1. The number of methoxy groups -OCH3 is 1. The summed E-state index contributed by atoms with van der Waals surface area (Å²) in [5, 5.41) is 4.78. The molecule has 0 aliphatic rings. The number of carbonyl (C=O) groups excluding carboxylic acids is 1. The van der Waals surface area contributed by atoms with E-state index < -0.39 is 0 Å². The molecule has 1 amide bonds. The van der Waals surface area contributed by atoms with Crippen LogP contribution in [0, 0.1) is 6.92 Å². The van der Waals surface area contributed by atoms with E-state index in [1.165, 1.54) is 5.56 Å². The summed E-state index contributed by atoms with van der Waals surface area (Å²) >= 11 is 5.94. The van der Waals surface area contributed by atoms with Crippen molar-refractivity contribution in [3.05, 3.63) is 87.9 Å². The summed E-state index contributed by atoms with van der Waals surface area (Å²) in [5.74, 6) is 1.97. The van der Waals surface area contributed by atoms with Gasteiger partial charge in [-0.15, -0.1) is 0 Å². The Morgan fingerprint density at radius 2 is 1.83 bits per heavy atom. The second kappa shape index (κ2) is 13.4. The topological polar surface area (TPSA) is 69.2 Å². The molecule has 184 valence electrons. The van der Waals surface area contributed by atoms with Gasteiger partial charge in [-0.25, -0.2) is 5.43 Å². The van der Waals surface area contributed by atoms with E-state index in [9.17, 15) is 4.79 Å². The molecule has 7 heteroatoms. The second-order valence-corrected chi connectivity index (χ2v) is 8.43. The lowest BCUT2D eigenvalue weighted by Gasteiger charge is -2.12. The highest BCUT2D eigenvalue weighted by Gasteiger charge is 2.07. The summed E-state index contributed by atoms with van der Waals surface area (Å²) < 4.78 is 16.9. The molecule has 3 aromatic rings. The van der Waals surface area contributed by atoms with Crippen molar-refractivity contribution in [2.75, 3.05) is 13.7 Å². The second-order valence-electron chi connectivity index (χ2n) is 7.99. The van der Waals surface area contributed by atoms with Crippen LogP contribution in [0.5, 0.6) is 17.2 Å².